The van der Waals surface area contributed by atoms with E-state index in [1.165, 1.54) is 6.07 Å². The van der Waals surface area contributed by atoms with Crippen molar-refractivity contribution in [1.82, 2.24) is 0 Å². The maximum Gasteiger partial charge on any atom is 0.308 e. The molecule has 1 rings (SSSR count). The second-order valence-electron chi connectivity index (χ2n) is 3.26. The topological polar surface area (TPSA) is 89.7 Å². The number of halogens is 1. The van der Waals surface area contributed by atoms with Crippen LogP contribution in [0.5, 0.6) is 0 Å². The van der Waals surface area contributed by atoms with Crippen LogP contribution in [-0.4, -0.2) is 23.1 Å². The van der Waals surface area contributed by atoms with Gasteiger partial charge in [-0.2, -0.15) is 4.39 Å². The molecule has 0 saturated heterocycles. The molecule has 0 aromatic heterocycles. The number of rotatable bonds is 4. The fraction of sp³-hybridized carbons (Fsp3) is 0.300. The van der Waals surface area contributed by atoms with Crippen LogP contribution in [0.3, 0.4) is 0 Å². The van der Waals surface area contributed by atoms with Crippen LogP contribution in [0.1, 0.15) is 18.1 Å². The Labute approximate surface area is 95.8 Å². The van der Waals surface area contributed by atoms with E-state index < -0.39 is 28.5 Å². The summed E-state index contributed by atoms with van der Waals surface area (Å²) in [7, 11) is 1.16. The number of nitrogens with zero attached hydrogens (tertiary/aromatic N) is 1. The van der Waals surface area contributed by atoms with Gasteiger partial charge in [-0.05, 0) is 17.7 Å². The van der Waals surface area contributed by atoms with Crippen molar-refractivity contribution in [3.63, 3.8) is 0 Å². The van der Waals surface area contributed by atoms with Crippen LogP contribution in [-0.2, 0) is 9.53 Å². The standard InChI is InChI=1S/C10H10FNO5/c1-17-10(14)5-9(13)6-2-3-8(12(15)16)7(11)4-6/h2-4,9,13H,5H2,1H3. The number of nitro groups is 1. The fourth-order valence-corrected chi connectivity index (χ4v) is 1.24. The van der Waals surface area contributed by atoms with E-state index >= 15 is 0 Å². The number of aliphatic hydroxyl groups excluding tert-OH is 1. The predicted octanol–water partition coefficient (Wildman–Crippen LogP) is 1.33. The number of esters is 1. The van der Waals surface area contributed by atoms with Crippen LogP contribution in [0.2, 0.25) is 0 Å². The zero-order valence-corrected chi connectivity index (χ0v) is 8.92. The van der Waals surface area contributed by atoms with Gasteiger partial charge in [0.2, 0.25) is 5.82 Å². The molecular weight excluding hydrogens is 233 g/mol. The number of hydrogen-bond acceptors (Lipinski definition) is 5. The lowest BCUT2D eigenvalue weighted by Crippen LogP contribution is -2.08. The number of hydrogen-bond donors (Lipinski definition) is 1. The monoisotopic (exact) mass is 243 g/mol. The number of nitro benzene ring substituents is 1. The van der Waals surface area contributed by atoms with Gasteiger partial charge in [0.15, 0.2) is 0 Å². The highest BCUT2D eigenvalue weighted by molar-refractivity contribution is 5.70. The average molecular weight is 243 g/mol. The van der Waals surface area contributed by atoms with Crippen molar-refractivity contribution < 1.29 is 24.0 Å². The molecule has 0 bridgehead atoms. The highest BCUT2D eigenvalue weighted by Crippen LogP contribution is 2.23. The Morgan fingerprint density at radius 1 is 1.65 bits per heavy atom. The molecule has 1 N–H and O–H groups in total. The van der Waals surface area contributed by atoms with E-state index in [9.17, 15) is 24.4 Å². The number of ether oxygens (including phenoxy) is 1. The number of benzene rings is 1. The SMILES string of the molecule is COC(=O)CC(O)c1ccc([N+](=O)[O-])c(F)c1. The van der Waals surface area contributed by atoms with Gasteiger partial charge in [0.25, 0.3) is 0 Å². The van der Waals surface area contributed by atoms with Gasteiger partial charge < -0.3 is 9.84 Å². The van der Waals surface area contributed by atoms with Crippen molar-refractivity contribution >= 4 is 11.7 Å². The summed E-state index contributed by atoms with van der Waals surface area (Å²) in [6.45, 7) is 0. The third-order valence-corrected chi connectivity index (χ3v) is 2.14. The quantitative estimate of drug-likeness (QED) is 0.489. The lowest BCUT2D eigenvalue weighted by molar-refractivity contribution is -0.387. The van der Waals surface area contributed by atoms with Gasteiger partial charge in [-0.1, -0.05) is 0 Å². The van der Waals surface area contributed by atoms with Crippen molar-refractivity contribution in [3.8, 4) is 0 Å². The highest BCUT2D eigenvalue weighted by atomic mass is 19.1. The molecule has 0 spiro atoms. The number of carbonyl (C=O) groups excluding carboxylic acids is 1. The Bertz CT molecular complexity index is 448. The summed E-state index contributed by atoms with van der Waals surface area (Å²) in [5, 5.41) is 19.9. The molecule has 7 heteroatoms. The van der Waals surface area contributed by atoms with Gasteiger partial charge in [-0.3, -0.25) is 14.9 Å². The van der Waals surface area contributed by atoms with Crippen molar-refractivity contribution in [3.05, 3.63) is 39.7 Å². The Kier molecular flexibility index (Phi) is 4.11. The Hall–Kier alpha value is -2.02. The molecule has 0 saturated carbocycles. The summed E-state index contributed by atoms with van der Waals surface area (Å²) in [6, 6.07) is 2.95. The molecule has 92 valence electrons. The van der Waals surface area contributed by atoms with Crippen molar-refractivity contribution in [2.24, 2.45) is 0 Å². The van der Waals surface area contributed by atoms with Crippen molar-refractivity contribution in [2.75, 3.05) is 7.11 Å². The zero-order valence-electron chi connectivity index (χ0n) is 8.92. The molecule has 0 fully saturated rings. The smallest absolute Gasteiger partial charge is 0.308 e. The minimum Gasteiger partial charge on any atom is -0.469 e. The average Bonchev–Trinajstić information content (AvgIpc) is 2.28. The third-order valence-electron chi connectivity index (χ3n) is 2.14. The number of carbonyl (C=O) groups is 1. The van der Waals surface area contributed by atoms with E-state index in [1.807, 2.05) is 0 Å². The van der Waals surface area contributed by atoms with Crippen molar-refractivity contribution in [1.29, 1.82) is 0 Å². The third kappa shape index (κ3) is 3.22. The maximum absolute atomic E-state index is 13.2. The van der Waals surface area contributed by atoms with Crippen molar-refractivity contribution in [2.45, 2.75) is 12.5 Å². The molecule has 0 aliphatic heterocycles. The fourth-order valence-electron chi connectivity index (χ4n) is 1.24. The molecule has 1 atom stereocenters. The second-order valence-corrected chi connectivity index (χ2v) is 3.26. The molecule has 17 heavy (non-hydrogen) atoms. The lowest BCUT2D eigenvalue weighted by atomic mass is 10.1. The van der Waals surface area contributed by atoms with E-state index in [0.29, 0.717) is 0 Å². The Morgan fingerprint density at radius 3 is 2.76 bits per heavy atom. The zero-order chi connectivity index (χ0) is 13.0. The van der Waals surface area contributed by atoms with Crippen LogP contribution >= 0.6 is 0 Å². The maximum atomic E-state index is 13.2. The summed E-state index contributed by atoms with van der Waals surface area (Å²) in [6.07, 6.45) is -1.59. The Balaban J connectivity index is 2.89. The van der Waals surface area contributed by atoms with Gasteiger partial charge >= 0.3 is 11.7 Å². The summed E-state index contributed by atoms with van der Waals surface area (Å²) in [5.74, 6) is -1.72. The summed E-state index contributed by atoms with van der Waals surface area (Å²) >= 11 is 0. The van der Waals surface area contributed by atoms with Gasteiger partial charge in [-0.25, -0.2) is 0 Å². The number of aliphatic hydroxyl groups is 1. The summed E-state index contributed by atoms with van der Waals surface area (Å²) in [4.78, 5) is 20.4. The minimum absolute atomic E-state index is 0.0819. The van der Waals surface area contributed by atoms with E-state index in [0.717, 1.165) is 19.2 Å². The van der Waals surface area contributed by atoms with Crippen LogP contribution in [0, 0.1) is 15.9 Å². The Morgan fingerprint density at radius 2 is 2.29 bits per heavy atom. The highest BCUT2D eigenvalue weighted by Gasteiger charge is 2.18. The first-order chi connectivity index (χ1) is 7.95. The van der Waals surface area contributed by atoms with Gasteiger partial charge in [-0.15, -0.1) is 0 Å². The first-order valence-corrected chi connectivity index (χ1v) is 4.64. The molecule has 1 aromatic rings. The minimum atomic E-state index is -1.25. The van der Waals surface area contributed by atoms with E-state index in [2.05, 4.69) is 4.74 Å². The first kappa shape index (κ1) is 13.0. The summed E-state index contributed by atoms with van der Waals surface area (Å²) < 4.78 is 17.5. The molecule has 1 unspecified atom stereocenters. The van der Waals surface area contributed by atoms with Crippen LogP contribution in [0.15, 0.2) is 18.2 Å². The lowest BCUT2D eigenvalue weighted by Gasteiger charge is -2.09. The van der Waals surface area contributed by atoms with Gasteiger partial charge in [0.1, 0.15) is 0 Å². The molecule has 6 nitrogen and oxygen atoms in total. The molecule has 0 radical (unpaired) electrons. The van der Waals surface area contributed by atoms with E-state index in [-0.39, 0.29) is 12.0 Å². The predicted molar refractivity (Wildman–Crippen MR) is 54.6 cm³/mol. The summed E-state index contributed by atoms with van der Waals surface area (Å²) in [5.41, 5.74) is -0.600. The van der Waals surface area contributed by atoms with Crippen LogP contribution < -0.4 is 0 Å². The molecule has 1 aromatic carbocycles. The van der Waals surface area contributed by atoms with E-state index in [1.54, 1.807) is 0 Å². The van der Waals surface area contributed by atoms with Crippen LogP contribution in [0.4, 0.5) is 10.1 Å². The first-order valence-electron chi connectivity index (χ1n) is 4.64. The largest absolute Gasteiger partial charge is 0.469 e. The molecular formula is C10H10FNO5. The second kappa shape index (κ2) is 5.35. The number of methoxy groups -OCH3 is 1. The normalized spacial score (nSPS) is 11.9. The van der Waals surface area contributed by atoms with Crippen LogP contribution in [0.25, 0.3) is 0 Å². The molecule has 0 aliphatic carbocycles. The molecule has 0 amide bonds. The molecule has 0 heterocycles. The van der Waals surface area contributed by atoms with Gasteiger partial charge in [0, 0.05) is 6.07 Å². The molecule has 0 aliphatic rings. The van der Waals surface area contributed by atoms with Gasteiger partial charge in [0.05, 0.1) is 24.6 Å². The van der Waals surface area contributed by atoms with E-state index in [4.69, 9.17) is 0 Å².